The summed E-state index contributed by atoms with van der Waals surface area (Å²) < 4.78 is 5.71. The molecule has 1 aromatic carbocycles. The van der Waals surface area contributed by atoms with Gasteiger partial charge in [-0.05, 0) is 51.8 Å². The first-order chi connectivity index (χ1) is 13.8. The zero-order valence-electron chi connectivity index (χ0n) is 16.5. The molecule has 0 spiro atoms. The molecule has 1 atom stereocenters. The molecular formula is C20H26N4O5. The van der Waals surface area contributed by atoms with Crippen LogP contribution < -0.4 is 15.4 Å². The van der Waals surface area contributed by atoms with E-state index in [0.717, 1.165) is 32.5 Å². The number of carbonyl (C=O) groups excluding carboxylic acids is 2. The third kappa shape index (κ3) is 3.91. The van der Waals surface area contributed by atoms with Crippen LogP contribution in [-0.4, -0.2) is 53.4 Å². The maximum absolute atomic E-state index is 12.9. The van der Waals surface area contributed by atoms with E-state index in [1.807, 2.05) is 0 Å². The van der Waals surface area contributed by atoms with Crippen molar-refractivity contribution in [3.8, 4) is 5.75 Å². The molecule has 2 amide bonds. The van der Waals surface area contributed by atoms with Gasteiger partial charge in [-0.3, -0.25) is 19.7 Å². The number of carbonyl (C=O) groups is 2. The van der Waals surface area contributed by atoms with Gasteiger partial charge in [0.1, 0.15) is 5.75 Å². The molecule has 156 valence electrons. The maximum Gasteiger partial charge on any atom is 0.278 e. The Hall–Kier alpha value is -2.68. The van der Waals surface area contributed by atoms with E-state index in [1.54, 1.807) is 0 Å². The number of nitrogens with one attached hydrogen (secondary N) is 2. The van der Waals surface area contributed by atoms with Crippen LogP contribution in [0.4, 0.5) is 11.4 Å². The zero-order chi connectivity index (χ0) is 20.6. The van der Waals surface area contributed by atoms with Crippen LogP contribution in [0.15, 0.2) is 18.2 Å². The number of amides is 2. The van der Waals surface area contributed by atoms with E-state index in [9.17, 15) is 19.7 Å². The highest BCUT2D eigenvalue weighted by Crippen LogP contribution is 2.46. The molecule has 4 rings (SSSR count). The fourth-order valence-corrected chi connectivity index (χ4v) is 4.07. The van der Waals surface area contributed by atoms with Crippen LogP contribution in [0.2, 0.25) is 0 Å². The van der Waals surface area contributed by atoms with E-state index in [-0.39, 0.29) is 22.5 Å². The van der Waals surface area contributed by atoms with Crippen molar-refractivity contribution in [1.82, 2.24) is 10.2 Å². The fourth-order valence-electron chi connectivity index (χ4n) is 4.07. The third-order valence-electron chi connectivity index (χ3n) is 6.19. The predicted octanol–water partition coefficient (Wildman–Crippen LogP) is 2.07. The normalized spacial score (nSPS) is 25.3. The number of non-ortho nitro benzene ring substituents is 1. The monoisotopic (exact) mass is 402 g/mol. The smallest absolute Gasteiger partial charge is 0.278 e. The Morgan fingerprint density at radius 1 is 1.31 bits per heavy atom. The highest BCUT2D eigenvalue weighted by molar-refractivity contribution is 6.15. The van der Waals surface area contributed by atoms with Crippen LogP contribution in [0.1, 0.15) is 39.0 Å². The summed E-state index contributed by atoms with van der Waals surface area (Å²) in [5, 5.41) is 16.4. The number of nitro groups is 1. The lowest BCUT2D eigenvalue weighted by atomic mass is 9.99. The van der Waals surface area contributed by atoms with Crippen molar-refractivity contribution in [3.05, 3.63) is 28.3 Å². The molecule has 2 heterocycles. The van der Waals surface area contributed by atoms with Gasteiger partial charge in [-0.2, -0.15) is 0 Å². The van der Waals surface area contributed by atoms with Gasteiger partial charge in [-0.15, -0.1) is 0 Å². The number of ether oxygens (including phenoxy) is 1. The summed E-state index contributed by atoms with van der Waals surface area (Å²) in [4.78, 5) is 38.3. The lowest BCUT2D eigenvalue weighted by Crippen LogP contribution is -2.59. The lowest BCUT2D eigenvalue weighted by molar-refractivity contribution is -0.384. The standard InChI is InChI=1S/C20H26N4O5/c1-19(18(26)22-15-11-14(24(27)28)5-6-16(15)29-19)17(25)21-12-20(7-8-20)13-23-9-3-2-4-10-23/h5-6,11H,2-4,7-10,12-13H2,1H3,(H,21,25)(H,22,26). The average Bonchev–Trinajstić information content (AvgIpc) is 3.47. The molecule has 29 heavy (non-hydrogen) atoms. The van der Waals surface area contributed by atoms with Crippen molar-refractivity contribution in [2.45, 2.75) is 44.6 Å². The van der Waals surface area contributed by atoms with Gasteiger partial charge in [0, 0.05) is 30.6 Å². The summed E-state index contributed by atoms with van der Waals surface area (Å²) in [7, 11) is 0. The number of hydrogen-bond donors (Lipinski definition) is 2. The molecule has 2 fully saturated rings. The first kappa shape index (κ1) is 19.6. The lowest BCUT2D eigenvalue weighted by Gasteiger charge is -2.34. The van der Waals surface area contributed by atoms with Gasteiger partial charge in [0.25, 0.3) is 23.1 Å². The van der Waals surface area contributed by atoms with E-state index in [2.05, 4.69) is 15.5 Å². The molecule has 1 aromatic rings. The Morgan fingerprint density at radius 3 is 2.69 bits per heavy atom. The number of nitrogens with zero attached hydrogens (tertiary/aromatic N) is 2. The number of fused-ring (bicyclic) bond motifs is 1. The second-order valence-electron chi connectivity index (χ2n) is 8.55. The summed E-state index contributed by atoms with van der Waals surface area (Å²) in [6, 6.07) is 3.91. The number of nitro benzene ring substituents is 1. The Balaban J connectivity index is 1.40. The molecule has 3 aliphatic rings. The first-order valence-electron chi connectivity index (χ1n) is 10.1. The van der Waals surface area contributed by atoms with Crippen LogP contribution in [0, 0.1) is 15.5 Å². The summed E-state index contributed by atoms with van der Waals surface area (Å²) in [6.07, 6.45) is 5.88. The molecule has 2 aliphatic heterocycles. The van der Waals surface area contributed by atoms with Crippen molar-refractivity contribution >= 4 is 23.2 Å². The Morgan fingerprint density at radius 2 is 2.03 bits per heavy atom. The number of piperidine rings is 1. The minimum Gasteiger partial charge on any atom is -0.466 e. The van der Waals surface area contributed by atoms with E-state index in [0.29, 0.717) is 6.54 Å². The second kappa shape index (κ2) is 7.29. The number of benzene rings is 1. The molecular weight excluding hydrogens is 376 g/mol. The van der Waals surface area contributed by atoms with Crippen molar-refractivity contribution in [3.63, 3.8) is 0 Å². The van der Waals surface area contributed by atoms with Crippen LogP contribution in [0.25, 0.3) is 0 Å². The largest absolute Gasteiger partial charge is 0.466 e. The highest BCUT2D eigenvalue weighted by Gasteiger charge is 2.50. The van der Waals surface area contributed by atoms with E-state index in [4.69, 9.17) is 4.74 Å². The maximum atomic E-state index is 12.9. The Bertz CT molecular complexity index is 847. The molecule has 2 N–H and O–H groups in total. The molecule has 1 saturated heterocycles. The van der Waals surface area contributed by atoms with E-state index < -0.39 is 22.3 Å². The minimum atomic E-state index is -1.72. The van der Waals surface area contributed by atoms with Gasteiger partial charge >= 0.3 is 0 Å². The highest BCUT2D eigenvalue weighted by atomic mass is 16.6. The van der Waals surface area contributed by atoms with Gasteiger partial charge in [0.05, 0.1) is 10.6 Å². The number of hydrogen-bond acceptors (Lipinski definition) is 6. The van der Waals surface area contributed by atoms with Crippen LogP contribution in [0.3, 0.4) is 0 Å². The van der Waals surface area contributed by atoms with Crippen LogP contribution in [-0.2, 0) is 9.59 Å². The van der Waals surface area contributed by atoms with Crippen molar-refractivity contribution in [1.29, 1.82) is 0 Å². The summed E-state index contributed by atoms with van der Waals surface area (Å²) >= 11 is 0. The topological polar surface area (TPSA) is 114 Å². The van der Waals surface area contributed by atoms with E-state index in [1.165, 1.54) is 44.4 Å². The fraction of sp³-hybridized carbons (Fsp3) is 0.600. The molecule has 9 heteroatoms. The van der Waals surface area contributed by atoms with Gasteiger partial charge in [0.15, 0.2) is 0 Å². The molecule has 1 unspecified atom stereocenters. The second-order valence-corrected chi connectivity index (χ2v) is 8.55. The molecule has 0 aromatic heterocycles. The van der Waals surface area contributed by atoms with Gasteiger partial charge < -0.3 is 20.3 Å². The number of likely N-dealkylation sites (tertiary alicyclic amines) is 1. The van der Waals surface area contributed by atoms with Crippen molar-refractivity contribution in [2.75, 3.05) is 31.5 Å². The summed E-state index contributed by atoms with van der Waals surface area (Å²) in [5.74, 6) is -0.893. The van der Waals surface area contributed by atoms with Crippen molar-refractivity contribution < 1.29 is 19.2 Å². The zero-order valence-corrected chi connectivity index (χ0v) is 16.5. The van der Waals surface area contributed by atoms with Crippen LogP contribution >= 0.6 is 0 Å². The predicted molar refractivity (Wildman–Crippen MR) is 106 cm³/mol. The first-order valence-corrected chi connectivity index (χ1v) is 10.1. The van der Waals surface area contributed by atoms with Gasteiger partial charge in [0.2, 0.25) is 0 Å². The van der Waals surface area contributed by atoms with E-state index >= 15 is 0 Å². The number of anilines is 1. The third-order valence-corrected chi connectivity index (χ3v) is 6.19. The molecule has 0 bridgehead atoms. The number of rotatable bonds is 6. The quantitative estimate of drug-likeness (QED) is 0.428. The van der Waals surface area contributed by atoms with Crippen molar-refractivity contribution in [2.24, 2.45) is 5.41 Å². The Labute approximate surface area is 168 Å². The molecule has 1 aliphatic carbocycles. The SMILES string of the molecule is CC1(C(=O)NCC2(CN3CCCCC3)CC2)Oc2ccc([N+](=O)[O-])cc2NC1=O. The molecule has 0 radical (unpaired) electrons. The summed E-state index contributed by atoms with van der Waals surface area (Å²) in [6.45, 7) is 5.14. The molecule has 9 nitrogen and oxygen atoms in total. The van der Waals surface area contributed by atoms with Gasteiger partial charge in [-0.25, -0.2) is 0 Å². The van der Waals surface area contributed by atoms with Gasteiger partial charge in [-0.1, -0.05) is 6.42 Å². The Kier molecular flexibility index (Phi) is 4.94. The summed E-state index contributed by atoms with van der Waals surface area (Å²) in [5.41, 5.74) is -1.59. The average molecular weight is 402 g/mol. The molecule has 1 saturated carbocycles. The van der Waals surface area contributed by atoms with Crippen LogP contribution in [0.5, 0.6) is 5.75 Å². The minimum absolute atomic E-state index is 0.0903.